The third-order valence-corrected chi connectivity index (χ3v) is 3.73. The van der Waals surface area contributed by atoms with E-state index in [1.165, 1.54) is 16.7 Å². The van der Waals surface area contributed by atoms with Crippen LogP contribution in [-0.4, -0.2) is 12.2 Å². The summed E-state index contributed by atoms with van der Waals surface area (Å²) in [6, 6.07) is 12.1. The van der Waals surface area contributed by atoms with Crippen molar-refractivity contribution in [3.63, 3.8) is 0 Å². The van der Waals surface area contributed by atoms with E-state index in [4.69, 9.17) is 4.74 Å². The maximum atomic E-state index is 9.85. The van der Waals surface area contributed by atoms with Gasteiger partial charge in [-0.1, -0.05) is 42.8 Å². The molecule has 0 amide bonds. The van der Waals surface area contributed by atoms with Gasteiger partial charge in [-0.15, -0.1) is 0 Å². The van der Waals surface area contributed by atoms with E-state index in [1.54, 1.807) is 13.2 Å². The normalized spacial score (nSPS) is 10.4. The van der Waals surface area contributed by atoms with E-state index >= 15 is 0 Å². The van der Waals surface area contributed by atoms with Gasteiger partial charge in [-0.05, 0) is 55.5 Å². The Labute approximate surface area is 133 Å². The molecule has 116 valence electrons. The van der Waals surface area contributed by atoms with Crippen molar-refractivity contribution in [3.05, 3.63) is 59.2 Å². The van der Waals surface area contributed by atoms with Crippen molar-refractivity contribution < 1.29 is 9.84 Å². The fourth-order valence-electron chi connectivity index (χ4n) is 2.38. The number of allylic oxidation sites excluding steroid dienone is 2. The van der Waals surface area contributed by atoms with Crippen LogP contribution in [0.4, 0.5) is 0 Å². The highest BCUT2D eigenvalue weighted by molar-refractivity contribution is 5.80. The van der Waals surface area contributed by atoms with Crippen LogP contribution in [0.1, 0.15) is 31.9 Å². The maximum Gasteiger partial charge on any atom is 0.129 e. The number of methoxy groups -OCH3 is 1. The van der Waals surface area contributed by atoms with Gasteiger partial charge < -0.3 is 9.84 Å². The summed E-state index contributed by atoms with van der Waals surface area (Å²) >= 11 is 0. The first-order valence-electron chi connectivity index (χ1n) is 7.68. The van der Waals surface area contributed by atoms with Gasteiger partial charge in [-0.3, -0.25) is 0 Å². The number of benzene rings is 2. The van der Waals surface area contributed by atoms with Gasteiger partial charge in [0.05, 0.1) is 7.11 Å². The molecule has 0 fully saturated rings. The molecule has 0 heterocycles. The molecule has 0 saturated heterocycles. The van der Waals surface area contributed by atoms with Crippen molar-refractivity contribution in [3.8, 4) is 22.6 Å². The SMILES string of the molecule is CCc1ccc(O)c(CC=C(C)C)c1OC.c1cc2cc-2c1. The molecule has 2 aliphatic rings. The third kappa shape index (κ3) is 3.91. The van der Waals surface area contributed by atoms with Gasteiger partial charge in [0.15, 0.2) is 0 Å². The zero-order valence-electron chi connectivity index (χ0n) is 13.8. The Bertz CT molecular complexity index is 663. The van der Waals surface area contributed by atoms with Gasteiger partial charge in [0, 0.05) is 5.56 Å². The Hall–Kier alpha value is -2.22. The minimum absolute atomic E-state index is 0.312. The van der Waals surface area contributed by atoms with Gasteiger partial charge in [0.25, 0.3) is 0 Å². The van der Waals surface area contributed by atoms with Crippen LogP contribution in [-0.2, 0) is 12.8 Å². The molecule has 0 unspecified atom stereocenters. The van der Waals surface area contributed by atoms with Gasteiger partial charge in [-0.2, -0.15) is 0 Å². The second-order valence-electron chi connectivity index (χ2n) is 5.68. The highest BCUT2D eigenvalue weighted by Gasteiger charge is 2.11. The lowest BCUT2D eigenvalue weighted by atomic mass is 10.0. The molecule has 0 spiro atoms. The van der Waals surface area contributed by atoms with Crippen molar-refractivity contribution in [2.24, 2.45) is 0 Å². The van der Waals surface area contributed by atoms with E-state index in [1.807, 2.05) is 19.9 Å². The minimum atomic E-state index is 0.312. The van der Waals surface area contributed by atoms with E-state index in [-0.39, 0.29) is 0 Å². The fraction of sp³-hybridized carbons (Fsp3) is 0.300. The van der Waals surface area contributed by atoms with E-state index in [0.717, 1.165) is 23.3 Å². The number of phenolic OH excluding ortho intramolecular Hbond substituents is 1. The number of aryl methyl sites for hydroxylation is 1. The van der Waals surface area contributed by atoms with Crippen molar-refractivity contribution in [1.29, 1.82) is 0 Å². The average molecular weight is 296 g/mol. The first-order valence-corrected chi connectivity index (χ1v) is 7.68. The molecule has 0 bridgehead atoms. The number of phenols is 1. The summed E-state index contributed by atoms with van der Waals surface area (Å²) in [7, 11) is 1.65. The quantitative estimate of drug-likeness (QED) is 0.676. The molecule has 0 aliphatic heterocycles. The molecule has 1 N–H and O–H groups in total. The molecule has 3 rings (SSSR count). The second kappa shape index (κ2) is 7.17. The first kappa shape index (κ1) is 16.2. The summed E-state index contributed by atoms with van der Waals surface area (Å²) in [5.74, 6) is 1.13. The van der Waals surface area contributed by atoms with Crippen LogP contribution in [0.15, 0.2) is 48.0 Å². The van der Waals surface area contributed by atoms with Crippen molar-refractivity contribution in [1.82, 2.24) is 0 Å². The largest absolute Gasteiger partial charge is 0.508 e. The monoisotopic (exact) mass is 296 g/mol. The highest BCUT2D eigenvalue weighted by atomic mass is 16.5. The number of aromatic hydroxyl groups is 1. The number of hydrogen-bond donors (Lipinski definition) is 1. The van der Waals surface area contributed by atoms with Crippen molar-refractivity contribution >= 4 is 0 Å². The summed E-state index contributed by atoms with van der Waals surface area (Å²) in [5.41, 5.74) is 6.11. The molecule has 2 aliphatic carbocycles. The Morgan fingerprint density at radius 3 is 2.23 bits per heavy atom. The van der Waals surface area contributed by atoms with Gasteiger partial charge >= 0.3 is 0 Å². The summed E-state index contributed by atoms with van der Waals surface area (Å²) in [4.78, 5) is 0. The van der Waals surface area contributed by atoms with Crippen LogP contribution in [0, 0.1) is 0 Å². The van der Waals surface area contributed by atoms with Crippen molar-refractivity contribution in [2.75, 3.05) is 7.11 Å². The lowest BCUT2D eigenvalue weighted by Gasteiger charge is -2.13. The Kier molecular flexibility index (Phi) is 5.26. The molecule has 0 saturated carbocycles. The summed E-state index contributed by atoms with van der Waals surface area (Å²) in [6.07, 6.45) is 3.72. The average Bonchev–Trinajstić information content (AvgIpc) is 3.11. The number of rotatable bonds is 4. The van der Waals surface area contributed by atoms with Crippen LogP contribution < -0.4 is 4.74 Å². The Morgan fingerprint density at radius 1 is 1.14 bits per heavy atom. The number of fused-ring (bicyclic) bond motifs is 1. The molecule has 2 nitrogen and oxygen atoms in total. The van der Waals surface area contributed by atoms with Crippen molar-refractivity contribution in [2.45, 2.75) is 33.6 Å². The number of hydrogen-bond acceptors (Lipinski definition) is 2. The van der Waals surface area contributed by atoms with Crippen LogP contribution in [0.3, 0.4) is 0 Å². The molecule has 0 radical (unpaired) electrons. The minimum Gasteiger partial charge on any atom is -0.508 e. The molecule has 1 aromatic rings. The molecule has 1 aromatic carbocycles. The van der Waals surface area contributed by atoms with E-state index < -0.39 is 0 Å². The standard InChI is InChI=1S/C14H20O2.C6H4/c1-5-11-7-9-13(15)12(14(11)16-4)8-6-10(2)3;1-2-5-4-6(5)3-1/h6-7,9,15H,5,8H2,1-4H3;1-4H. The van der Waals surface area contributed by atoms with Gasteiger partial charge in [0.1, 0.15) is 11.5 Å². The van der Waals surface area contributed by atoms with E-state index in [9.17, 15) is 5.11 Å². The molecule has 0 aromatic heterocycles. The molecule has 22 heavy (non-hydrogen) atoms. The zero-order valence-corrected chi connectivity index (χ0v) is 13.8. The Morgan fingerprint density at radius 2 is 1.82 bits per heavy atom. The summed E-state index contributed by atoms with van der Waals surface area (Å²) in [5, 5.41) is 9.85. The molecule has 0 atom stereocenters. The molecular weight excluding hydrogens is 272 g/mol. The first-order chi connectivity index (χ1) is 10.6. The van der Waals surface area contributed by atoms with Crippen LogP contribution >= 0.6 is 0 Å². The topological polar surface area (TPSA) is 29.5 Å². The smallest absolute Gasteiger partial charge is 0.129 e. The summed E-state index contributed by atoms with van der Waals surface area (Å²) in [6.45, 7) is 6.18. The fourth-order valence-corrected chi connectivity index (χ4v) is 2.38. The molecule has 2 heteroatoms. The molecular formula is C20H24O2. The third-order valence-electron chi connectivity index (χ3n) is 3.73. The van der Waals surface area contributed by atoms with E-state index in [0.29, 0.717) is 12.2 Å². The van der Waals surface area contributed by atoms with E-state index in [2.05, 4.69) is 37.3 Å². The Balaban J connectivity index is 0.000000238. The predicted molar refractivity (Wildman–Crippen MR) is 92.6 cm³/mol. The number of ether oxygens (including phenoxy) is 1. The highest BCUT2D eigenvalue weighted by Crippen LogP contribution is 2.33. The lowest BCUT2D eigenvalue weighted by molar-refractivity contribution is 0.397. The van der Waals surface area contributed by atoms with Crippen LogP contribution in [0.2, 0.25) is 0 Å². The zero-order chi connectivity index (χ0) is 16.1. The van der Waals surface area contributed by atoms with Crippen LogP contribution in [0.25, 0.3) is 11.1 Å². The maximum absolute atomic E-state index is 9.85. The van der Waals surface area contributed by atoms with Gasteiger partial charge in [-0.25, -0.2) is 0 Å². The van der Waals surface area contributed by atoms with Gasteiger partial charge in [0.2, 0.25) is 0 Å². The lowest BCUT2D eigenvalue weighted by Crippen LogP contribution is -1.97. The predicted octanol–water partition coefficient (Wildman–Crippen LogP) is 5.14. The van der Waals surface area contributed by atoms with Crippen LogP contribution in [0.5, 0.6) is 11.5 Å². The summed E-state index contributed by atoms with van der Waals surface area (Å²) < 4.78 is 5.39. The second-order valence-corrected chi connectivity index (χ2v) is 5.68.